The van der Waals surface area contributed by atoms with Gasteiger partial charge in [-0.2, -0.15) is 0 Å². The van der Waals surface area contributed by atoms with Gasteiger partial charge in [0, 0.05) is 51.9 Å². The quantitative estimate of drug-likeness (QED) is 0.773. The molecule has 8 nitrogen and oxygen atoms in total. The third kappa shape index (κ3) is 3.62. The number of hydrogen-bond acceptors (Lipinski definition) is 4. The van der Waals surface area contributed by atoms with Gasteiger partial charge >= 0.3 is 6.03 Å². The van der Waals surface area contributed by atoms with Crippen molar-refractivity contribution in [1.82, 2.24) is 15.1 Å². The molecule has 3 aliphatic rings. The van der Waals surface area contributed by atoms with Gasteiger partial charge in [-0.3, -0.25) is 9.59 Å². The van der Waals surface area contributed by atoms with Gasteiger partial charge in [-0.05, 0) is 49.1 Å². The Balaban J connectivity index is 1.45. The predicted octanol–water partition coefficient (Wildman–Crippen LogP) is 2.31. The van der Waals surface area contributed by atoms with Gasteiger partial charge in [-0.15, -0.1) is 0 Å². The number of nitrogens with one attached hydrogen (secondary N) is 2. The minimum Gasteiger partial charge on any atom is -0.497 e. The van der Waals surface area contributed by atoms with Gasteiger partial charge in [0.15, 0.2) is 0 Å². The highest BCUT2D eigenvalue weighted by molar-refractivity contribution is 5.89. The summed E-state index contributed by atoms with van der Waals surface area (Å²) in [5.41, 5.74) is 0.214. The first-order valence-corrected chi connectivity index (χ1v) is 11.0. The van der Waals surface area contributed by atoms with Gasteiger partial charge in [-0.1, -0.05) is 6.07 Å². The zero-order chi connectivity index (χ0) is 22.2. The molecule has 1 spiro atoms. The van der Waals surface area contributed by atoms with E-state index in [2.05, 4.69) is 10.6 Å². The lowest BCUT2D eigenvalue weighted by Gasteiger charge is -2.44. The van der Waals surface area contributed by atoms with Crippen molar-refractivity contribution in [1.29, 1.82) is 0 Å². The van der Waals surface area contributed by atoms with Crippen molar-refractivity contribution in [2.75, 3.05) is 45.7 Å². The summed E-state index contributed by atoms with van der Waals surface area (Å²) >= 11 is 0. The number of piperidine rings is 1. The maximum Gasteiger partial charge on any atom is 0.321 e. The molecule has 2 atom stereocenters. The molecule has 0 radical (unpaired) electrons. The largest absolute Gasteiger partial charge is 0.497 e. The monoisotopic (exact) mass is 428 g/mol. The summed E-state index contributed by atoms with van der Waals surface area (Å²) in [6.45, 7) is 4.02. The van der Waals surface area contributed by atoms with Crippen LogP contribution in [0.3, 0.4) is 0 Å². The molecule has 2 aliphatic heterocycles. The summed E-state index contributed by atoms with van der Waals surface area (Å²) < 4.78 is 5.22. The van der Waals surface area contributed by atoms with Crippen molar-refractivity contribution >= 4 is 23.5 Å². The number of rotatable bonds is 3. The summed E-state index contributed by atoms with van der Waals surface area (Å²) in [4.78, 5) is 41.5. The van der Waals surface area contributed by atoms with E-state index in [0.717, 1.165) is 25.7 Å². The smallest absolute Gasteiger partial charge is 0.321 e. The predicted molar refractivity (Wildman–Crippen MR) is 117 cm³/mol. The van der Waals surface area contributed by atoms with E-state index in [1.165, 1.54) is 0 Å². The lowest BCUT2D eigenvalue weighted by Crippen LogP contribution is -2.50. The van der Waals surface area contributed by atoms with Crippen LogP contribution in [0.15, 0.2) is 24.3 Å². The van der Waals surface area contributed by atoms with E-state index in [1.807, 2.05) is 28.0 Å². The van der Waals surface area contributed by atoms with E-state index in [-0.39, 0.29) is 29.2 Å². The highest BCUT2D eigenvalue weighted by Gasteiger charge is 2.64. The molecule has 2 saturated heterocycles. The number of nitrogens with zero attached hydrogens (tertiary/aromatic N) is 2. The van der Waals surface area contributed by atoms with Crippen molar-refractivity contribution in [3.05, 3.63) is 24.3 Å². The standard InChI is InChI=1S/C23H32N4O4/c1-16(28)27-14-19-22(7-8-23(19,15-27)20(29)24-2)9-11-26(12-10-22)21(30)25-17-5-4-6-18(13-17)31-3/h4-6,13,19H,7-12,14-15H2,1-3H3,(H,24,29)(H,25,30)/t19-,23+/m0/s1. The van der Waals surface area contributed by atoms with E-state index in [9.17, 15) is 14.4 Å². The van der Waals surface area contributed by atoms with Crippen LogP contribution in [0, 0.1) is 16.7 Å². The number of fused-ring (bicyclic) bond motifs is 2. The fraction of sp³-hybridized carbons (Fsp3) is 0.609. The van der Waals surface area contributed by atoms with Crippen LogP contribution < -0.4 is 15.4 Å². The molecule has 4 amide bonds. The first kappa shape index (κ1) is 21.5. The molecule has 168 valence electrons. The molecule has 3 fully saturated rings. The molecule has 0 aromatic heterocycles. The van der Waals surface area contributed by atoms with Gasteiger partial charge < -0.3 is 25.2 Å². The number of urea groups is 1. The summed E-state index contributed by atoms with van der Waals surface area (Å²) in [6.07, 6.45) is 3.49. The average Bonchev–Trinajstić information content (AvgIpc) is 3.31. The molecule has 2 N–H and O–H groups in total. The molecular formula is C23H32N4O4. The minimum absolute atomic E-state index is 0.00343. The second-order valence-corrected chi connectivity index (χ2v) is 9.20. The Bertz CT molecular complexity index is 880. The first-order valence-electron chi connectivity index (χ1n) is 11.0. The van der Waals surface area contributed by atoms with Crippen LogP contribution in [0.4, 0.5) is 10.5 Å². The van der Waals surface area contributed by atoms with Crippen LogP contribution in [-0.4, -0.2) is 68.0 Å². The molecule has 1 aliphatic carbocycles. The summed E-state index contributed by atoms with van der Waals surface area (Å²) in [6, 6.07) is 7.21. The molecule has 0 bridgehead atoms. The number of carbonyl (C=O) groups excluding carboxylic acids is 3. The minimum atomic E-state index is -0.495. The maximum absolute atomic E-state index is 12.9. The van der Waals surface area contributed by atoms with E-state index < -0.39 is 5.41 Å². The fourth-order valence-electron chi connectivity index (χ4n) is 6.08. The summed E-state index contributed by atoms with van der Waals surface area (Å²) in [5, 5.41) is 5.81. The molecule has 8 heteroatoms. The van der Waals surface area contributed by atoms with Gasteiger partial charge in [0.05, 0.1) is 12.5 Å². The third-order valence-corrected chi connectivity index (χ3v) is 7.84. The number of carbonyl (C=O) groups is 3. The number of ether oxygens (including phenoxy) is 1. The van der Waals surface area contributed by atoms with E-state index >= 15 is 0 Å². The van der Waals surface area contributed by atoms with E-state index in [4.69, 9.17) is 4.74 Å². The number of anilines is 1. The van der Waals surface area contributed by atoms with Crippen LogP contribution in [-0.2, 0) is 9.59 Å². The Labute approximate surface area is 183 Å². The van der Waals surface area contributed by atoms with Gasteiger partial charge in [0.2, 0.25) is 11.8 Å². The van der Waals surface area contributed by atoms with Crippen molar-refractivity contribution in [2.45, 2.75) is 32.6 Å². The third-order valence-electron chi connectivity index (χ3n) is 7.84. The number of methoxy groups -OCH3 is 1. The van der Waals surface area contributed by atoms with Gasteiger partial charge in [-0.25, -0.2) is 4.79 Å². The van der Waals surface area contributed by atoms with Gasteiger partial charge in [0.25, 0.3) is 0 Å². The lowest BCUT2D eigenvalue weighted by atomic mass is 9.65. The Morgan fingerprint density at radius 1 is 1.10 bits per heavy atom. The Hall–Kier alpha value is -2.77. The summed E-state index contributed by atoms with van der Waals surface area (Å²) in [5.74, 6) is 0.926. The van der Waals surface area contributed by atoms with E-state index in [1.54, 1.807) is 27.1 Å². The Kier molecular flexibility index (Phi) is 5.58. The van der Waals surface area contributed by atoms with Crippen molar-refractivity contribution in [3.63, 3.8) is 0 Å². The van der Waals surface area contributed by atoms with Crippen LogP contribution in [0.1, 0.15) is 32.6 Å². The van der Waals surface area contributed by atoms with Crippen LogP contribution in [0.25, 0.3) is 0 Å². The zero-order valence-corrected chi connectivity index (χ0v) is 18.6. The average molecular weight is 429 g/mol. The zero-order valence-electron chi connectivity index (χ0n) is 18.6. The summed E-state index contributed by atoms with van der Waals surface area (Å²) in [7, 11) is 3.28. The highest BCUT2D eigenvalue weighted by atomic mass is 16.5. The second-order valence-electron chi connectivity index (χ2n) is 9.20. The number of benzene rings is 1. The SMILES string of the molecule is CNC(=O)[C@@]12CCC3(CCN(C(=O)Nc4cccc(OC)c4)CC3)[C@@H]1CN(C(C)=O)C2. The number of amides is 4. The van der Waals surface area contributed by atoms with Crippen LogP contribution in [0.5, 0.6) is 5.75 Å². The molecule has 31 heavy (non-hydrogen) atoms. The highest BCUT2D eigenvalue weighted by Crippen LogP contribution is 2.62. The first-order chi connectivity index (χ1) is 14.8. The maximum atomic E-state index is 12.9. The van der Waals surface area contributed by atoms with E-state index in [0.29, 0.717) is 37.6 Å². The van der Waals surface area contributed by atoms with Crippen molar-refractivity contribution in [2.24, 2.45) is 16.7 Å². The number of hydrogen-bond donors (Lipinski definition) is 2. The lowest BCUT2D eigenvalue weighted by molar-refractivity contribution is -0.133. The Morgan fingerprint density at radius 2 is 1.84 bits per heavy atom. The second kappa shape index (κ2) is 8.05. The fourth-order valence-corrected chi connectivity index (χ4v) is 6.08. The Morgan fingerprint density at radius 3 is 2.48 bits per heavy atom. The normalized spacial score (nSPS) is 26.5. The molecular weight excluding hydrogens is 396 g/mol. The molecule has 4 rings (SSSR count). The van der Waals surface area contributed by atoms with Gasteiger partial charge in [0.1, 0.15) is 5.75 Å². The molecule has 2 heterocycles. The number of likely N-dealkylation sites (tertiary alicyclic amines) is 2. The molecule has 0 unspecified atom stereocenters. The molecule has 1 aromatic rings. The van der Waals surface area contributed by atoms with Crippen LogP contribution in [0.2, 0.25) is 0 Å². The molecule has 1 aromatic carbocycles. The molecule has 1 saturated carbocycles. The topological polar surface area (TPSA) is 91.0 Å². The van der Waals surface area contributed by atoms with Crippen molar-refractivity contribution < 1.29 is 19.1 Å². The van der Waals surface area contributed by atoms with Crippen molar-refractivity contribution in [3.8, 4) is 5.75 Å². The van der Waals surface area contributed by atoms with Crippen LogP contribution >= 0.6 is 0 Å².